The van der Waals surface area contributed by atoms with E-state index < -0.39 is 0 Å². The molecular weight excluding hydrogens is 238 g/mol. The largest absolute Gasteiger partial charge is 0.395 e. The Labute approximate surface area is 107 Å². The van der Waals surface area contributed by atoms with Crippen molar-refractivity contribution in [3.8, 4) is 0 Å². The molecule has 1 fully saturated rings. The second-order valence-electron chi connectivity index (χ2n) is 4.30. The van der Waals surface area contributed by atoms with E-state index in [1.807, 2.05) is 19.2 Å². The lowest BCUT2D eigenvalue weighted by Crippen LogP contribution is -2.29. The van der Waals surface area contributed by atoms with Crippen LogP contribution in [-0.4, -0.2) is 41.2 Å². The predicted octanol–water partition coefficient (Wildman–Crippen LogP) is 1.73. The molecule has 1 aliphatic carbocycles. The highest BCUT2D eigenvalue weighted by Crippen LogP contribution is 2.29. The van der Waals surface area contributed by atoms with Crippen molar-refractivity contribution < 1.29 is 5.11 Å². The van der Waals surface area contributed by atoms with Crippen LogP contribution in [0.25, 0.3) is 0 Å². The minimum absolute atomic E-state index is 0.180. The SMILES string of the molecule is CNc1ccc(Cl)c(CN(CCO)C2CC2)n1. The molecule has 0 saturated heterocycles. The number of hydrogen-bond donors (Lipinski definition) is 2. The number of halogens is 1. The molecule has 2 rings (SSSR count). The van der Waals surface area contributed by atoms with Gasteiger partial charge in [0.25, 0.3) is 0 Å². The summed E-state index contributed by atoms with van der Waals surface area (Å²) in [5.74, 6) is 0.823. The van der Waals surface area contributed by atoms with E-state index in [0.29, 0.717) is 24.2 Å². The van der Waals surface area contributed by atoms with Crippen LogP contribution in [0.2, 0.25) is 5.02 Å². The zero-order chi connectivity index (χ0) is 12.3. The number of rotatable bonds is 6. The lowest BCUT2D eigenvalue weighted by molar-refractivity contribution is 0.182. The van der Waals surface area contributed by atoms with Gasteiger partial charge < -0.3 is 10.4 Å². The van der Waals surface area contributed by atoms with Crippen molar-refractivity contribution in [2.75, 3.05) is 25.5 Å². The summed E-state index contributed by atoms with van der Waals surface area (Å²) in [5, 5.41) is 12.7. The quantitative estimate of drug-likeness (QED) is 0.813. The van der Waals surface area contributed by atoms with Crippen LogP contribution in [0, 0.1) is 0 Å². The highest BCUT2D eigenvalue weighted by atomic mass is 35.5. The fourth-order valence-electron chi connectivity index (χ4n) is 1.89. The van der Waals surface area contributed by atoms with E-state index in [1.165, 1.54) is 12.8 Å². The fraction of sp³-hybridized carbons (Fsp3) is 0.583. The molecule has 0 aromatic carbocycles. The van der Waals surface area contributed by atoms with Gasteiger partial charge in [-0.1, -0.05) is 11.6 Å². The second-order valence-corrected chi connectivity index (χ2v) is 4.71. The average Bonchev–Trinajstić information content (AvgIpc) is 3.15. The Morgan fingerprint density at radius 1 is 1.53 bits per heavy atom. The molecule has 0 unspecified atom stereocenters. The Morgan fingerprint density at radius 2 is 2.29 bits per heavy atom. The number of aliphatic hydroxyl groups excluding tert-OH is 1. The van der Waals surface area contributed by atoms with E-state index in [9.17, 15) is 0 Å². The van der Waals surface area contributed by atoms with E-state index in [0.717, 1.165) is 11.5 Å². The Bertz CT molecular complexity index is 382. The molecule has 17 heavy (non-hydrogen) atoms. The van der Waals surface area contributed by atoms with Gasteiger partial charge in [0.15, 0.2) is 0 Å². The Hall–Kier alpha value is -0.840. The van der Waals surface area contributed by atoms with Crippen molar-refractivity contribution in [2.24, 2.45) is 0 Å². The Kier molecular flexibility index (Phi) is 4.20. The molecule has 0 aliphatic heterocycles. The Balaban J connectivity index is 2.09. The highest BCUT2D eigenvalue weighted by Gasteiger charge is 2.29. The summed E-state index contributed by atoms with van der Waals surface area (Å²) < 4.78 is 0. The molecule has 4 nitrogen and oxygen atoms in total. The topological polar surface area (TPSA) is 48.4 Å². The van der Waals surface area contributed by atoms with Gasteiger partial charge in [-0.05, 0) is 25.0 Å². The van der Waals surface area contributed by atoms with Crippen LogP contribution >= 0.6 is 11.6 Å². The first-order chi connectivity index (χ1) is 8.24. The summed E-state index contributed by atoms with van der Waals surface area (Å²) in [7, 11) is 1.84. The van der Waals surface area contributed by atoms with Crippen LogP contribution in [0.15, 0.2) is 12.1 Å². The maximum absolute atomic E-state index is 9.05. The maximum Gasteiger partial charge on any atom is 0.126 e. The van der Waals surface area contributed by atoms with Gasteiger partial charge in [0.05, 0.1) is 17.3 Å². The lowest BCUT2D eigenvalue weighted by Gasteiger charge is -2.21. The lowest BCUT2D eigenvalue weighted by atomic mass is 10.3. The van der Waals surface area contributed by atoms with Crippen molar-refractivity contribution in [3.63, 3.8) is 0 Å². The van der Waals surface area contributed by atoms with Crippen molar-refractivity contribution in [2.45, 2.75) is 25.4 Å². The molecule has 1 aromatic heterocycles. The normalized spacial score (nSPS) is 15.3. The summed E-state index contributed by atoms with van der Waals surface area (Å²) in [6.07, 6.45) is 2.42. The number of nitrogens with zero attached hydrogens (tertiary/aromatic N) is 2. The standard InChI is InChI=1S/C12H18ClN3O/c1-14-12-5-4-10(13)11(15-12)8-16(6-7-17)9-2-3-9/h4-5,9,17H,2-3,6-8H2,1H3,(H,14,15). The van der Waals surface area contributed by atoms with E-state index in [1.54, 1.807) is 0 Å². The van der Waals surface area contributed by atoms with Gasteiger partial charge in [-0.25, -0.2) is 4.98 Å². The van der Waals surface area contributed by atoms with Crippen molar-refractivity contribution in [1.29, 1.82) is 0 Å². The van der Waals surface area contributed by atoms with E-state index in [2.05, 4.69) is 15.2 Å². The van der Waals surface area contributed by atoms with Crippen molar-refractivity contribution in [1.82, 2.24) is 9.88 Å². The Morgan fingerprint density at radius 3 is 2.88 bits per heavy atom. The molecule has 1 aromatic rings. The predicted molar refractivity (Wildman–Crippen MR) is 69.3 cm³/mol. The highest BCUT2D eigenvalue weighted by molar-refractivity contribution is 6.31. The molecule has 0 amide bonds. The zero-order valence-electron chi connectivity index (χ0n) is 9.99. The first kappa shape index (κ1) is 12.6. The first-order valence-corrected chi connectivity index (χ1v) is 6.30. The molecule has 1 aliphatic rings. The third-order valence-electron chi connectivity index (χ3n) is 2.98. The monoisotopic (exact) mass is 255 g/mol. The zero-order valence-corrected chi connectivity index (χ0v) is 10.7. The summed E-state index contributed by atoms with van der Waals surface area (Å²) in [4.78, 5) is 6.70. The first-order valence-electron chi connectivity index (χ1n) is 5.92. The number of aliphatic hydroxyl groups is 1. The van der Waals surface area contributed by atoms with Gasteiger partial charge in [0, 0.05) is 26.2 Å². The summed E-state index contributed by atoms with van der Waals surface area (Å²) >= 11 is 6.14. The van der Waals surface area contributed by atoms with Crippen LogP contribution in [0.4, 0.5) is 5.82 Å². The summed E-state index contributed by atoms with van der Waals surface area (Å²) in [6, 6.07) is 4.32. The third-order valence-corrected chi connectivity index (χ3v) is 3.32. The van der Waals surface area contributed by atoms with E-state index in [-0.39, 0.29) is 6.61 Å². The van der Waals surface area contributed by atoms with Crippen LogP contribution in [0.1, 0.15) is 18.5 Å². The van der Waals surface area contributed by atoms with Gasteiger partial charge in [-0.2, -0.15) is 0 Å². The minimum Gasteiger partial charge on any atom is -0.395 e. The summed E-state index contributed by atoms with van der Waals surface area (Å²) in [6.45, 7) is 1.58. The van der Waals surface area contributed by atoms with E-state index >= 15 is 0 Å². The number of aromatic nitrogens is 1. The van der Waals surface area contributed by atoms with Gasteiger partial charge in [0.1, 0.15) is 5.82 Å². The molecule has 0 radical (unpaired) electrons. The van der Waals surface area contributed by atoms with Crippen molar-refractivity contribution in [3.05, 3.63) is 22.8 Å². The number of anilines is 1. The average molecular weight is 256 g/mol. The minimum atomic E-state index is 0.180. The number of nitrogens with one attached hydrogen (secondary N) is 1. The smallest absolute Gasteiger partial charge is 0.126 e. The molecule has 1 saturated carbocycles. The van der Waals surface area contributed by atoms with Gasteiger partial charge in [0.2, 0.25) is 0 Å². The van der Waals surface area contributed by atoms with Crippen molar-refractivity contribution >= 4 is 17.4 Å². The summed E-state index contributed by atoms with van der Waals surface area (Å²) in [5.41, 5.74) is 0.874. The van der Waals surface area contributed by atoms with Gasteiger partial charge in [-0.3, -0.25) is 4.90 Å². The fourth-order valence-corrected chi connectivity index (χ4v) is 2.05. The second kappa shape index (κ2) is 5.67. The molecule has 94 valence electrons. The van der Waals surface area contributed by atoms with Gasteiger partial charge in [-0.15, -0.1) is 0 Å². The van der Waals surface area contributed by atoms with Crippen LogP contribution in [0.5, 0.6) is 0 Å². The van der Waals surface area contributed by atoms with Crippen LogP contribution in [-0.2, 0) is 6.54 Å². The van der Waals surface area contributed by atoms with Gasteiger partial charge >= 0.3 is 0 Å². The molecular formula is C12H18ClN3O. The number of pyridine rings is 1. The molecule has 0 atom stereocenters. The van der Waals surface area contributed by atoms with Crippen LogP contribution in [0.3, 0.4) is 0 Å². The maximum atomic E-state index is 9.05. The molecule has 5 heteroatoms. The number of hydrogen-bond acceptors (Lipinski definition) is 4. The molecule has 2 N–H and O–H groups in total. The molecule has 0 bridgehead atoms. The third kappa shape index (κ3) is 3.31. The molecule has 1 heterocycles. The van der Waals surface area contributed by atoms with E-state index in [4.69, 9.17) is 16.7 Å². The van der Waals surface area contributed by atoms with Crippen LogP contribution < -0.4 is 5.32 Å². The molecule has 0 spiro atoms.